The van der Waals surface area contributed by atoms with Crippen LogP contribution in [0.2, 0.25) is 0 Å². The van der Waals surface area contributed by atoms with Gasteiger partial charge in [0.2, 0.25) is 5.03 Å². The molecule has 108 valence electrons. The molecule has 0 aliphatic carbocycles. The molecule has 0 radical (unpaired) electrons. The summed E-state index contributed by atoms with van der Waals surface area (Å²) in [6.45, 7) is 1.34. The maximum atomic E-state index is 13.6. The fourth-order valence-electron chi connectivity index (χ4n) is 1.61. The van der Waals surface area contributed by atoms with E-state index in [2.05, 4.69) is 4.98 Å². The van der Waals surface area contributed by atoms with Crippen molar-refractivity contribution in [3.05, 3.63) is 53.2 Å². The van der Waals surface area contributed by atoms with E-state index in [0.717, 1.165) is 24.4 Å². The molecule has 1 aromatic carbocycles. The van der Waals surface area contributed by atoms with Gasteiger partial charge in [-0.25, -0.2) is 13.8 Å². The van der Waals surface area contributed by atoms with Crippen LogP contribution in [0.25, 0.3) is 0 Å². The van der Waals surface area contributed by atoms with Gasteiger partial charge in [0.05, 0.1) is 17.3 Å². The lowest BCUT2D eigenvalue weighted by Gasteiger charge is -2.11. The van der Waals surface area contributed by atoms with Crippen LogP contribution in [0.5, 0.6) is 0 Å². The summed E-state index contributed by atoms with van der Waals surface area (Å²) in [6, 6.07) is 6.04. The highest BCUT2D eigenvalue weighted by Gasteiger charge is 2.22. The van der Waals surface area contributed by atoms with Crippen LogP contribution in [-0.4, -0.2) is 13.4 Å². The molecule has 1 N–H and O–H groups in total. The molecule has 0 amide bonds. The third-order valence-corrected chi connectivity index (χ3v) is 4.00. The quantitative estimate of drug-likeness (QED) is 0.943. The molecule has 0 atom stereocenters. The summed E-state index contributed by atoms with van der Waals surface area (Å²) < 4.78 is 53.3. The molecule has 21 heavy (non-hydrogen) atoms. The zero-order chi connectivity index (χ0) is 15.6. The average Bonchev–Trinajstić information content (AvgIpc) is 2.43. The Hall–Kier alpha value is -2.53. The Balaban J connectivity index is 2.50. The molecule has 1 heterocycles. The summed E-state index contributed by atoms with van der Waals surface area (Å²) in [5.74, 6) is -1.77. The second kappa shape index (κ2) is 5.46. The van der Waals surface area contributed by atoms with Crippen molar-refractivity contribution in [2.75, 3.05) is 4.72 Å². The van der Waals surface area contributed by atoms with E-state index in [4.69, 9.17) is 5.26 Å². The Bertz CT molecular complexity index is 845. The molecule has 0 aliphatic heterocycles. The Kier molecular flexibility index (Phi) is 3.86. The number of nitriles is 1. The van der Waals surface area contributed by atoms with Crippen molar-refractivity contribution in [1.82, 2.24) is 4.98 Å². The number of anilines is 1. The van der Waals surface area contributed by atoms with E-state index in [0.29, 0.717) is 0 Å². The van der Waals surface area contributed by atoms with Crippen molar-refractivity contribution in [2.24, 2.45) is 0 Å². The highest BCUT2D eigenvalue weighted by Crippen LogP contribution is 2.23. The minimum atomic E-state index is -4.32. The number of hydrogen-bond donors (Lipinski definition) is 1. The van der Waals surface area contributed by atoms with Crippen LogP contribution < -0.4 is 4.72 Å². The van der Waals surface area contributed by atoms with Crippen molar-refractivity contribution in [2.45, 2.75) is 11.9 Å². The second-order valence-electron chi connectivity index (χ2n) is 4.14. The van der Waals surface area contributed by atoms with E-state index in [1.165, 1.54) is 13.0 Å². The van der Waals surface area contributed by atoms with Crippen LogP contribution in [0.15, 0.2) is 35.5 Å². The van der Waals surface area contributed by atoms with Gasteiger partial charge in [-0.2, -0.15) is 13.7 Å². The van der Waals surface area contributed by atoms with Gasteiger partial charge >= 0.3 is 0 Å². The highest BCUT2D eigenvalue weighted by atomic mass is 32.2. The molecule has 5 nitrogen and oxygen atoms in total. The van der Waals surface area contributed by atoms with Crippen LogP contribution >= 0.6 is 0 Å². The Morgan fingerprint density at radius 3 is 2.62 bits per heavy atom. The van der Waals surface area contributed by atoms with Crippen LogP contribution in [0, 0.1) is 29.9 Å². The molecule has 8 heteroatoms. The van der Waals surface area contributed by atoms with Gasteiger partial charge in [0, 0.05) is 11.8 Å². The third kappa shape index (κ3) is 2.98. The summed E-state index contributed by atoms with van der Waals surface area (Å²) in [5, 5.41) is 7.97. The summed E-state index contributed by atoms with van der Waals surface area (Å²) in [4.78, 5) is 3.46. The molecule has 0 saturated carbocycles. The van der Waals surface area contributed by atoms with Gasteiger partial charge in [-0.05, 0) is 31.2 Å². The lowest BCUT2D eigenvalue weighted by molar-refractivity contribution is 0.556. The molecule has 0 aliphatic rings. The number of nitrogens with one attached hydrogen (secondary N) is 1. The largest absolute Gasteiger partial charge is 0.282 e. The first kappa shape index (κ1) is 14.9. The molecule has 0 unspecified atom stereocenters. The maximum absolute atomic E-state index is 13.6. The van der Waals surface area contributed by atoms with E-state index >= 15 is 0 Å². The second-order valence-corrected chi connectivity index (χ2v) is 5.74. The first-order valence-corrected chi connectivity index (χ1v) is 7.17. The van der Waals surface area contributed by atoms with Crippen molar-refractivity contribution < 1.29 is 17.2 Å². The lowest BCUT2D eigenvalue weighted by Crippen LogP contribution is -2.17. The predicted octanol–water partition coefficient (Wildman–Crippen LogP) is 2.34. The standard InChI is InChI=1S/C13H9F2N3O2S/c1-8-11(15)5-9(7-16)6-12(8)18-21(19,20)13-10(14)3-2-4-17-13/h2-6,18H,1H3. The topological polar surface area (TPSA) is 82.9 Å². The number of sulfonamides is 1. The third-order valence-electron chi connectivity index (χ3n) is 2.70. The van der Waals surface area contributed by atoms with E-state index in [-0.39, 0.29) is 16.8 Å². The fraction of sp³-hybridized carbons (Fsp3) is 0.0769. The molecule has 1 aromatic heterocycles. The fourth-order valence-corrected chi connectivity index (χ4v) is 2.73. The number of hydrogen-bond acceptors (Lipinski definition) is 4. The zero-order valence-electron chi connectivity index (χ0n) is 10.8. The summed E-state index contributed by atoms with van der Waals surface area (Å²) >= 11 is 0. The smallest absolute Gasteiger partial charge is 0.278 e. The van der Waals surface area contributed by atoms with Gasteiger partial charge in [-0.1, -0.05) is 0 Å². The van der Waals surface area contributed by atoms with E-state index in [1.807, 2.05) is 4.72 Å². The molecule has 0 spiro atoms. The van der Waals surface area contributed by atoms with Crippen molar-refractivity contribution >= 4 is 15.7 Å². The van der Waals surface area contributed by atoms with E-state index < -0.39 is 26.7 Å². The first-order valence-electron chi connectivity index (χ1n) is 5.69. The number of rotatable bonds is 3. The van der Waals surface area contributed by atoms with Gasteiger partial charge in [0.1, 0.15) is 5.82 Å². The summed E-state index contributed by atoms with van der Waals surface area (Å²) in [5.41, 5.74) is -0.206. The van der Waals surface area contributed by atoms with E-state index in [1.54, 1.807) is 6.07 Å². The Morgan fingerprint density at radius 1 is 1.29 bits per heavy atom. The number of nitrogens with zero attached hydrogens (tertiary/aromatic N) is 2. The van der Waals surface area contributed by atoms with Crippen LogP contribution in [0.1, 0.15) is 11.1 Å². The molecule has 0 fully saturated rings. The van der Waals surface area contributed by atoms with Gasteiger partial charge in [0.15, 0.2) is 5.82 Å². The highest BCUT2D eigenvalue weighted by molar-refractivity contribution is 7.92. The maximum Gasteiger partial charge on any atom is 0.282 e. The monoisotopic (exact) mass is 309 g/mol. The van der Waals surface area contributed by atoms with Crippen molar-refractivity contribution in [3.8, 4) is 6.07 Å². The molecule has 2 aromatic rings. The zero-order valence-corrected chi connectivity index (χ0v) is 11.6. The van der Waals surface area contributed by atoms with Gasteiger partial charge in [-0.3, -0.25) is 4.72 Å². The van der Waals surface area contributed by atoms with Gasteiger partial charge in [-0.15, -0.1) is 0 Å². The molecular weight excluding hydrogens is 300 g/mol. The predicted molar refractivity (Wildman–Crippen MR) is 70.9 cm³/mol. The average molecular weight is 309 g/mol. The van der Waals surface area contributed by atoms with Crippen molar-refractivity contribution in [1.29, 1.82) is 5.26 Å². The molecule has 0 bridgehead atoms. The molecular formula is C13H9F2N3O2S. The lowest BCUT2D eigenvalue weighted by atomic mass is 10.1. The normalized spacial score (nSPS) is 11.0. The number of aromatic nitrogens is 1. The van der Waals surface area contributed by atoms with Crippen LogP contribution in [0.4, 0.5) is 14.5 Å². The first-order chi connectivity index (χ1) is 9.85. The summed E-state index contributed by atoms with van der Waals surface area (Å²) in [7, 11) is -4.32. The number of pyridine rings is 1. The SMILES string of the molecule is Cc1c(F)cc(C#N)cc1NS(=O)(=O)c1ncccc1F. The van der Waals surface area contributed by atoms with Crippen molar-refractivity contribution in [3.63, 3.8) is 0 Å². The Morgan fingerprint density at radius 2 is 2.00 bits per heavy atom. The molecule has 0 saturated heterocycles. The van der Waals surface area contributed by atoms with E-state index in [9.17, 15) is 17.2 Å². The Labute approximate surface area is 119 Å². The van der Waals surface area contributed by atoms with Crippen LogP contribution in [0.3, 0.4) is 0 Å². The summed E-state index contributed by atoms with van der Waals surface area (Å²) in [6.07, 6.45) is 1.12. The number of halogens is 2. The number of benzene rings is 1. The van der Waals surface area contributed by atoms with Gasteiger partial charge < -0.3 is 0 Å². The van der Waals surface area contributed by atoms with Crippen LogP contribution in [-0.2, 0) is 10.0 Å². The molecule has 2 rings (SSSR count). The van der Waals surface area contributed by atoms with Gasteiger partial charge in [0.25, 0.3) is 10.0 Å². The minimum Gasteiger partial charge on any atom is -0.278 e. The minimum absolute atomic E-state index is 0.00563.